The Hall–Kier alpha value is -0.630. The van der Waals surface area contributed by atoms with E-state index in [1.54, 1.807) is 5.57 Å². The van der Waals surface area contributed by atoms with E-state index >= 15 is 0 Å². The number of carbonyl (C=O) groups excluding carboxylic acids is 1. The number of ketones is 1. The molecule has 4 aliphatic carbocycles. The summed E-state index contributed by atoms with van der Waals surface area (Å²) in [7, 11) is 0. The zero-order valence-electron chi connectivity index (χ0n) is 19.5. The first-order valence-electron chi connectivity index (χ1n) is 12.6. The van der Waals surface area contributed by atoms with Crippen molar-refractivity contribution < 1.29 is 9.90 Å². The van der Waals surface area contributed by atoms with Crippen molar-refractivity contribution in [3.05, 3.63) is 11.6 Å². The summed E-state index contributed by atoms with van der Waals surface area (Å²) in [6, 6.07) is 0. The second-order valence-electron chi connectivity index (χ2n) is 12.1. The molecule has 2 nitrogen and oxygen atoms in total. The van der Waals surface area contributed by atoms with E-state index < -0.39 is 0 Å². The molecule has 0 heterocycles. The van der Waals surface area contributed by atoms with Gasteiger partial charge in [0.2, 0.25) is 0 Å². The van der Waals surface area contributed by atoms with Crippen LogP contribution in [0.5, 0.6) is 0 Å². The molecule has 0 radical (unpaired) electrons. The third-order valence-electron chi connectivity index (χ3n) is 10.2. The van der Waals surface area contributed by atoms with Gasteiger partial charge in [-0.05, 0) is 98.2 Å². The molecule has 0 bridgehead atoms. The predicted molar refractivity (Wildman–Crippen MR) is 119 cm³/mol. The first-order valence-corrected chi connectivity index (χ1v) is 12.6. The molecule has 4 rings (SSSR count). The fourth-order valence-corrected chi connectivity index (χ4v) is 8.39. The molecule has 0 aliphatic heterocycles. The fourth-order valence-electron chi connectivity index (χ4n) is 8.39. The van der Waals surface area contributed by atoms with Gasteiger partial charge in [0.15, 0.2) is 0 Å². The molecule has 3 fully saturated rings. The second kappa shape index (κ2) is 7.81. The highest BCUT2D eigenvalue weighted by molar-refractivity contribution is 5.81. The van der Waals surface area contributed by atoms with Crippen LogP contribution in [0.25, 0.3) is 0 Å². The summed E-state index contributed by atoms with van der Waals surface area (Å²) < 4.78 is 0. The largest absolute Gasteiger partial charge is 0.393 e. The Labute approximate surface area is 178 Å². The first-order chi connectivity index (χ1) is 13.7. The maximum atomic E-state index is 13.0. The van der Waals surface area contributed by atoms with Crippen molar-refractivity contribution in [2.24, 2.45) is 46.3 Å². The molecule has 0 amide bonds. The average molecular weight is 401 g/mol. The van der Waals surface area contributed by atoms with Crippen molar-refractivity contribution >= 4 is 5.78 Å². The van der Waals surface area contributed by atoms with Crippen LogP contribution in [0.1, 0.15) is 98.8 Å². The van der Waals surface area contributed by atoms with Crippen LogP contribution in [-0.4, -0.2) is 17.0 Å². The molecule has 29 heavy (non-hydrogen) atoms. The topological polar surface area (TPSA) is 37.3 Å². The Balaban J connectivity index is 1.52. The Bertz CT molecular complexity index is 663. The van der Waals surface area contributed by atoms with Gasteiger partial charge in [0.1, 0.15) is 5.78 Å². The molecule has 3 saturated carbocycles. The lowest BCUT2D eigenvalue weighted by atomic mass is 9.47. The van der Waals surface area contributed by atoms with Crippen LogP contribution < -0.4 is 0 Å². The number of hydrogen-bond donors (Lipinski definition) is 1. The monoisotopic (exact) mass is 400 g/mol. The van der Waals surface area contributed by atoms with Gasteiger partial charge < -0.3 is 5.11 Å². The molecule has 0 aromatic rings. The van der Waals surface area contributed by atoms with Gasteiger partial charge in [-0.1, -0.05) is 46.3 Å². The number of hydrogen-bond acceptors (Lipinski definition) is 2. The van der Waals surface area contributed by atoms with Gasteiger partial charge in [-0.25, -0.2) is 0 Å². The summed E-state index contributed by atoms with van der Waals surface area (Å²) >= 11 is 0. The van der Waals surface area contributed by atoms with Crippen molar-refractivity contribution in [1.29, 1.82) is 0 Å². The highest BCUT2D eigenvalue weighted by Gasteiger charge is 2.59. The number of fused-ring (bicyclic) bond motifs is 5. The van der Waals surface area contributed by atoms with Crippen LogP contribution >= 0.6 is 0 Å². The molecule has 0 aromatic carbocycles. The van der Waals surface area contributed by atoms with Gasteiger partial charge in [0.25, 0.3) is 0 Å². The van der Waals surface area contributed by atoms with E-state index in [1.807, 2.05) is 0 Å². The molecular formula is C27H44O2. The molecule has 0 unspecified atom stereocenters. The molecule has 2 heteroatoms. The summed E-state index contributed by atoms with van der Waals surface area (Å²) in [5.74, 6) is 4.32. The Morgan fingerprint density at radius 3 is 2.59 bits per heavy atom. The summed E-state index contributed by atoms with van der Waals surface area (Å²) in [5, 5.41) is 10.2. The van der Waals surface area contributed by atoms with E-state index in [4.69, 9.17) is 0 Å². The van der Waals surface area contributed by atoms with E-state index in [-0.39, 0.29) is 12.0 Å². The average Bonchev–Trinajstić information content (AvgIpc) is 3.03. The molecule has 1 N–H and O–H groups in total. The predicted octanol–water partition coefficient (Wildman–Crippen LogP) is 6.57. The van der Waals surface area contributed by atoms with Crippen molar-refractivity contribution in [2.75, 3.05) is 0 Å². The maximum absolute atomic E-state index is 13.0. The van der Waals surface area contributed by atoms with Crippen molar-refractivity contribution in [3.8, 4) is 0 Å². The van der Waals surface area contributed by atoms with Crippen molar-refractivity contribution in [2.45, 2.75) is 105 Å². The lowest BCUT2D eigenvalue weighted by molar-refractivity contribution is -0.127. The maximum Gasteiger partial charge on any atom is 0.136 e. The van der Waals surface area contributed by atoms with E-state index in [1.165, 1.54) is 32.1 Å². The number of aliphatic hydroxyl groups is 1. The first kappa shape index (κ1) is 21.6. The normalized spacial score (nSPS) is 45.2. The molecular weight excluding hydrogens is 356 g/mol. The second-order valence-corrected chi connectivity index (χ2v) is 12.1. The number of Topliss-reactive ketones (excluding diaryl/α,β-unsaturated/α-hetero) is 1. The van der Waals surface area contributed by atoms with E-state index in [0.717, 1.165) is 49.9 Å². The minimum absolute atomic E-state index is 0.117. The van der Waals surface area contributed by atoms with Crippen LogP contribution in [0.15, 0.2) is 11.6 Å². The summed E-state index contributed by atoms with van der Waals surface area (Å²) in [6.07, 6.45) is 13.7. The Morgan fingerprint density at radius 1 is 1.10 bits per heavy atom. The molecule has 4 aliphatic rings. The van der Waals surface area contributed by atoms with E-state index in [0.29, 0.717) is 28.4 Å². The zero-order chi connectivity index (χ0) is 21.0. The molecule has 0 aromatic heterocycles. The number of rotatable bonds is 5. The number of carbonyl (C=O) groups is 1. The van der Waals surface area contributed by atoms with Gasteiger partial charge >= 0.3 is 0 Å². The van der Waals surface area contributed by atoms with Crippen LogP contribution in [0.3, 0.4) is 0 Å². The summed E-state index contributed by atoms with van der Waals surface area (Å²) in [6.45, 7) is 11.7. The number of allylic oxidation sites excluding steroid dienone is 1. The molecule has 8 atom stereocenters. The smallest absolute Gasteiger partial charge is 0.136 e. The number of aliphatic hydroxyl groups excluding tert-OH is 1. The molecule has 0 spiro atoms. The van der Waals surface area contributed by atoms with Gasteiger partial charge in [-0.3, -0.25) is 4.79 Å². The molecule has 164 valence electrons. The fraction of sp³-hybridized carbons (Fsp3) is 0.889. The van der Waals surface area contributed by atoms with Crippen molar-refractivity contribution in [3.63, 3.8) is 0 Å². The van der Waals surface area contributed by atoms with Gasteiger partial charge in [-0.2, -0.15) is 0 Å². The minimum Gasteiger partial charge on any atom is -0.393 e. The molecule has 0 saturated heterocycles. The van der Waals surface area contributed by atoms with Crippen LogP contribution in [-0.2, 0) is 4.79 Å². The van der Waals surface area contributed by atoms with Crippen LogP contribution in [0, 0.1) is 46.3 Å². The SMILES string of the molecule is CC(C)CCC(=O)[C@H](C)[C@@H]1CC[C@@H]2[C@@H]3CC=C4C[C@@H](O)CC[C@]4(C)[C@H]3CC[C@@]21C. The summed E-state index contributed by atoms with van der Waals surface area (Å²) in [4.78, 5) is 13.0. The Kier molecular flexibility index (Phi) is 5.82. The van der Waals surface area contributed by atoms with Gasteiger partial charge in [0, 0.05) is 12.3 Å². The van der Waals surface area contributed by atoms with E-state index in [9.17, 15) is 9.90 Å². The standard InChI is InChI=1S/C27H44O2/c1-17(2)6-11-25(29)18(3)22-9-10-23-21-8-7-19-16-20(28)12-14-26(19,4)24(21)13-15-27(22,23)5/h7,17-18,20-24,28H,6,8-16H2,1-5H3/t18-,20+,21+,22+,23-,24+,26+,27-/m1/s1. The third-order valence-corrected chi connectivity index (χ3v) is 10.2. The highest BCUT2D eigenvalue weighted by Crippen LogP contribution is 2.67. The van der Waals surface area contributed by atoms with Crippen molar-refractivity contribution in [1.82, 2.24) is 0 Å². The lowest BCUT2D eigenvalue weighted by Crippen LogP contribution is -2.51. The summed E-state index contributed by atoms with van der Waals surface area (Å²) in [5.41, 5.74) is 2.23. The highest BCUT2D eigenvalue weighted by atomic mass is 16.3. The van der Waals surface area contributed by atoms with Gasteiger partial charge in [0.05, 0.1) is 6.10 Å². The van der Waals surface area contributed by atoms with Gasteiger partial charge in [-0.15, -0.1) is 0 Å². The van der Waals surface area contributed by atoms with Crippen LogP contribution in [0.2, 0.25) is 0 Å². The van der Waals surface area contributed by atoms with Crippen LogP contribution in [0.4, 0.5) is 0 Å². The zero-order valence-corrected chi connectivity index (χ0v) is 19.5. The quantitative estimate of drug-likeness (QED) is 0.530. The lowest BCUT2D eigenvalue weighted by Gasteiger charge is -2.58. The Morgan fingerprint density at radius 2 is 1.86 bits per heavy atom. The van der Waals surface area contributed by atoms with E-state index in [2.05, 4.69) is 40.7 Å². The third kappa shape index (κ3) is 3.56. The minimum atomic E-state index is -0.117.